The van der Waals surface area contributed by atoms with E-state index in [1.54, 1.807) is 45.6 Å². The molecule has 0 bridgehead atoms. The summed E-state index contributed by atoms with van der Waals surface area (Å²) in [5.74, 6) is 1.87. The predicted molar refractivity (Wildman–Crippen MR) is 166 cm³/mol. The normalized spacial score (nSPS) is 18.0. The number of hydrogen-bond donors (Lipinski definition) is 2. The van der Waals surface area contributed by atoms with Crippen LogP contribution in [0.2, 0.25) is 0 Å². The summed E-state index contributed by atoms with van der Waals surface area (Å²) in [6.07, 6.45) is 1.84. The molecule has 1 aliphatic heterocycles. The number of dihydropyridines is 1. The molecular formula is C35H38N2O6. The van der Waals surface area contributed by atoms with Crippen LogP contribution in [0.4, 0.5) is 5.69 Å². The fourth-order valence-corrected chi connectivity index (χ4v) is 5.87. The number of anilines is 1. The lowest BCUT2D eigenvalue weighted by atomic mass is 9.71. The highest BCUT2D eigenvalue weighted by Crippen LogP contribution is 2.46. The van der Waals surface area contributed by atoms with E-state index >= 15 is 0 Å². The maximum Gasteiger partial charge on any atom is 0.254 e. The van der Waals surface area contributed by atoms with Crippen LogP contribution in [-0.4, -0.2) is 39.6 Å². The second kappa shape index (κ2) is 13.1. The molecule has 2 unspecified atom stereocenters. The van der Waals surface area contributed by atoms with Gasteiger partial charge in [0.25, 0.3) is 5.91 Å². The van der Waals surface area contributed by atoms with Crippen molar-refractivity contribution in [3.63, 3.8) is 0 Å². The molecule has 0 saturated carbocycles. The lowest BCUT2D eigenvalue weighted by molar-refractivity contribution is -0.116. The SMILES string of the molecule is CCCOc1ccc(C2C(C(=O)Nc3ccc(OC)cc3)=C(C)NC3=C2C(=O)CC(c2ccc(OC)c(OC)c2)C3)cc1. The highest BCUT2D eigenvalue weighted by molar-refractivity contribution is 6.10. The molecule has 0 spiro atoms. The van der Waals surface area contributed by atoms with Crippen LogP contribution in [0, 0.1) is 0 Å². The van der Waals surface area contributed by atoms with Crippen molar-refractivity contribution < 1.29 is 28.5 Å². The summed E-state index contributed by atoms with van der Waals surface area (Å²) >= 11 is 0. The van der Waals surface area contributed by atoms with Gasteiger partial charge in [0.15, 0.2) is 17.3 Å². The van der Waals surface area contributed by atoms with Crippen molar-refractivity contribution in [3.8, 4) is 23.0 Å². The van der Waals surface area contributed by atoms with Crippen molar-refractivity contribution in [3.05, 3.63) is 100 Å². The zero-order chi connectivity index (χ0) is 30.5. The molecule has 2 atom stereocenters. The molecule has 2 aliphatic rings. The summed E-state index contributed by atoms with van der Waals surface area (Å²) in [5, 5.41) is 6.47. The van der Waals surface area contributed by atoms with Gasteiger partial charge in [0.2, 0.25) is 0 Å². The van der Waals surface area contributed by atoms with Gasteiger partial charge in [-0.3, -0.25) is 9.59 Å². The highest BCUT2D eigenvalue weighted by atomic mass is 16.5. The summed E-state index contributed by atoms with van der Waals surface area (Å²) in [7, 11) is 4.80. The number of nitrogens with one attached hydrogen (secondary N) is 2. The van der Waals surface area contributed by atoms with Gasteiger partial charge < -0.3 is 29.6 Å². The Bertz CT molecular complexity index is 1560. The minimum Gasteiger partial charge on any atom is -0.497 e. The van der Waals surface area contributed by atoms with Gasteiger partial charge in [-0.1, -0.05) is 25.1 Å². The molecule has 3 aromatic rings. The minimum absolute atomic E-state index is 0.00657. The molecule has 1 aliphatic carbocycles. The lowest BCUT2D eigenvalue weighted by Crippen LogP contribution is -2.37. The van der Waals surface area contributed by atoms with Crippen LogP contribution in [0.25, 0.3) is 0 Å². The number of benzene rings is 3. The van der Waals surface area contributed by atoms with Gasteiger partial charge in [-0.15, -0.1) is 0 Å². The molecule has 0 fully saturated rings. The Labute approximate surface area is 252 Å². The van der Waals surface area contributed by atoms with Gasteiger partial charge in [0.05, 0.1) is 27.9 Å². The minimum atomic E-state index is -0.534. The average Bonchev–Trinajstić information content (AvgIpc) is 3.03. The van der Waals surface area contributed by atoms with Crippen molar-refractivity contribution in [1.29, 1.82) is 0 Å². The molecule has 0 aromatic heterocycles. The Kier molecular flexibility index (Phi) is 9.04. The van der Waals surface area contributed by atoms with Crippen LogP contribution in [0.5, 0.6) is 23.0 Å². The number of allylic oxidation sites excluding steroid dienone is 3. The first kappa shape index (κ1) is 29.8. The fourth-order valence-electron chi connectivity index (χ4n) is 5.87. The van der Waals surface area contributed by atoms with Crippen molar-refractivity contribution >= 4 is 17.4 Å². The first-order valence-corrected chi connectivity index (χ1v) is 14.5. The molecule has 0 radical (unpaired) electrons. The van der Waals surface area contributed by atoms with Crippen molar-refractivity contribution in [2.24, 2.45) is 0 Å². The Morgan fingerprint density at radius 3 is 2.19 bits per heavy atom. The summed E-state index contributed by atoms with van der Waals surface area (Å²) in [4.78, 5) is 27.9. The van der Waals surface area contributed by atoms with E-state index in [0.29, 0.717) is 59.2 Å². The van der Waals surface area contributed by atoms with Crippen LogP contribution in [0.15, 0.2) is 89.3 Å². The number of Topliss-reactive ketones (excluding diaryl/α,β-unsaturated/α-hetero) is 1. The van der Waals surface area contributed by atoms with Gasteiger partial charge >= 0.3 is 0 Å². The highest BCUT2D eigenvalue weighted by Gasteiger charge is 2.41. The van der Waals surface area contributed by atoms with Gasteiger partial charge in [0, 0.05) is 40.6 Å². The van der Waals surface area contributed by atoms with Crippen molar-refractivity contribution in [1.82, 2.24) is 5.32 Å². The Hall–Kier alpha value is -4.72. The Morgan fingerprint density at radius 2 is 1.53 bits per heavy atom. The van der Waals surface area contributed by atoms with Crippen molar-refractivity contribution in [2.45, 2.75) is 44.9 Å². The number of carbonyl (C=O) groups is 2. The van der Waals surface area contributed by atoms with Crippen molar-refractivity contribution in [2.75, 3.05) is 33.3 Å². The van der Waals surface area contributed by atoms with Crippen LogP contribution in [0.3, 0.4) is 0 Å². The van der Waals surface area contributed by atoms with Gasteiger partial charge in [-0.05, 0) is 85.3 Å². The molecule has 8 nitrogen and oxygen atoms in total. The third-order valence-electron chi connectivity index (χ3n) is 7.99. The third-order valence-corrected chi connectivity index (χ3v) is 7.99. The zero-order valence-electron chi connectivity index (χ0n) is 25.3. The maximum atomic E-state index is 14.0. The first-order valence-electron chi connectivity index (χ1n) is 14.5. The summed E-state index contributed by atoms with van der Waals surface area (Å²) in [6, 6.07) is 20.7. The van der Waals surface area contributed by atoms with E-state index < -0.39 is 5.92 Å². The molecule has 43 heavy (non-hydrogen) atoms. The first-order chi connectivity index (χ1) is 20.9. The molecule has 3 aromatic carbocycles. The molecular weight excluding hydrogens is 544 g/mol. The Morgan fingerprint density at radius 1 is 0.860 bits per heavy atom. The molecule has 8 heteroatoms. The van der Waals surface area contributed by atoms with E-state index in [1.165, 1.54) is 0 Å². The standard InChI is InChI=1S/C35H38N2O6/c1-6-17-43-27-12-7-22(8-13-27)33-32(35(39)37-25-10-14-26(40-3)15-11-25)21(2)36-28-18-24(19-29(38)34(28)33)23-9-16-30(41-4)31(20-23)42-5/h7-16,20,24,33,36H,6,17-19H2,1-5H3,(H,37,39). The second-order valence-electron chi connectivity index (χ2n) is 10.7. The van der Waals surface area contributed by atoms with Crippen LogP contribution >= 0.6 is 0 Å². The summed E-state index contributed by atoms with van der Waals surface area (Å²) in [6.45, 7) is 4.57. The van der Waals surface area contributed by atoms with Crippen LogP contribution in [0.1, 0.15) is 56.1 Å². The van der Waals surface area contributed by atoms with E-state index in [-0.39, 0.29) is 17.6 Å². The number of rotatable bonds is 10. The summed E-state index contributed by atoms with van der Waals surface area (Å²) < 4.78 is 22.0. The number of ether oxygens (including phenoxy) is 4. The number of carbonyl (C=O) groups excluding carboxylic acids is 2. The fraction of sp³-hybridized carbons (Fsp3) is 0.314. The van der Waals surface area contributed by atoms with E-state index in [2.05, 4.69) is 17.6 Å². The predicted octanol–water partition coefficient (Wildman–Crippen LogP) is 6.50. The van der Waals surface area contributed by atoms with E-state index in [9.17, 15) is 9.59 Å². The maximum absolute atomic E-state index is 14.0. The zero-order valence-corrected chi connectivity index (χ0v) is 25.3. The van der Waals surface area contributed by atoms with Crippen LogP contribution < -0.4 is 29.6 Å². The third kappa shape index (κ3) is 6.23. The largest absolute Gasteiger partial charge is 0.497 e. The number of methoxy groups -OCH3 is 3. The molecule has 1 heterocycles. The monoisotopic (exact) mass is 582 g/mol. The van der Waals surface area contributed by atoms with E-state index in [0.717, 1.165) is 29.0 Å². The molecule has 0 saturated heterocycles. The number of ketones is 1. The molecule has 1 amide bonds. The average molecular weight is 583 g/mol. The Balaban J connectivity index is 1.52. The van der Waals surface area contributed by atoms with Gasteiger partial charge in [-0.25, -0.2) is 0 Å². The van der Waals surface area contributed by atoms with E-state index in [1.807, 2.05) is 49.4 Å². The number of hydrogen-bond acceptors (Lipinski definition) is 7. The number of amides is 1. The lowest BCUT2D eigenvalue weighted by Gasteiger charge is -2.37. The molecule has 224 valence electrons. The van der Waals surface area contributed by atoms with Gasteiger partial charge in [0.1, 0.15) is 11.5 Å². The van der Waals surface area contributed by atoms with Gasteiger partial charge in [-0.2, -0.15) is 0 Å². The topological polar surface area (TPSA) is 95.1 Å². The second-order valence-corrected chi connectivity index (χ2v) is 10.7. The smallest absolute Gasteiger partial charge is 0.254 e. The van der Waals surface area contributed by atoms with E-state index in [4.69, 9.17) is 18.9 Å². The quantitative estimate of drug-likeness (QED) is 0.282. The molecule has 5 rings (SSSR count). The molecule has 2 N–H and O–H groups in total. The van der Waals surface area contributed by atoms with Crippen LogP contribution in [-0.2, 0) is 9.59 Å². The summed E-state index contributed by atoms with van der Waals surface area (Å²) in [5.41, 5.74) is 5.18.